The Morgan fingerprint density at radius 3 is 2.17 bits per heavy atom. The van der Waals surface area contributed by atoms with E-state index in [0.29, 0.717) is 29.4 Å². The smallest absolute Gasteiger partial charge is 0.387 e. The second-order valence-electron chi connectivity index (χ2n) is 8.77. The summed E-state index contributed by atoms with van der Waals surface area (Å²) in [7, 11) is 0. The van der Waals surface area contributed by atoms with Crippen molar-refractivity contribution in [3.63, 3.8) is 0 Å². The molecule has 0 saturated carbocycles. The van der Waals surface area contributed by atoms with Gasteiger partial charge in [-0.25, -0.2) is 8.78 Å². The minimum absolute atomic E-state index is 0.293. The molecule has 0 aromatic heterocycles. The highest BCUT2D eigenvalue weighted by molar-refractivity contribution is 5.88. The Hall–Kier alpha value is -3.34. The molecule has 4 rings (SSSR count). The molecule has 0 saturated heterocycles. The summed E-state index contributed by atoms with van der Waals surface area (Å²) in [5.41, 5.74) is 4.56. The Morgan fingerprint density at radius 1 is 0.714 bits per heavy atom. The summed E-state index contributed by atoms with van der Waals surface area (Å²) in [6, 6.07) is 21.8. The van der Waals surface area contributed by atoms with Crippen LogP contribution in [0.1, 0.15) is 42.9 Å². The van der Waals surface area contributed by atoms with Crippen molar-refractivity contribution < 1.29 is 22.3 Å². The van der Waals surface area contributed by atoms with Crippen LogP contribution in [0.5, 0.6) is 5.75 Å². The van der Waals surface area contributed by atoms with E-state index in [1.165, 1.54) is 37.0 Å². The Labute approximate surface area is 203 Å². The lowest BCUT2D eigenvalue weighted by Gasteiger charge is -2.10. The van der Waals surface area contributed by atoms with E-state index in [1.54, 1.807) is 12.1 Å². The van der Waals surface area contributed by atoms with Gasteiger partial charge in [-0.3, -0.25) is 0 Å². The molecule has 0 bridgehead atoms. The number of benzene rings is 4. The molecule has 0 unspecified atom stereocenters. The van der Waals surface area contributed by atoms with E-state index in [-0.39, 0.29) is 5.82 Å². The lowest BCUT2D eigenvalue weighted by Crippen LogP contribution is -2.04. The number of hydrogen-bond acceptors (Lipinski definition) is 1. The predicted molar refractivity (Wildman–Crippen MR) is 133 cm³/mol. The SMILES string of the molecule is CCCCCc1ccc(-c2ccc3c(F)c(CCc4ccc(OC(F)F)c(F)c4)ccc3c2)cc1. The fourth-order valence-corrected chi connectivity index (χ4v) is 4.32. The van der Waals surface area contributed by atoms with E-state index in [2.05, 4.69) is 35.9 Å². The number of aryl methyl sites for hydroxylation is 3. The van der Waals surface area contributed by atoms with Crippen LogP contribution in [0.15, 0.2) is 72.8 Å². The first-order valence-electron chi connectivity index (χ1n) is 12.0. The molecule has 0 heterocycles. The number of unbranched alkanes of at least 4 members (excludes halogenated alkanes) is 2. The standard InChI is InChI=1S/C30H28F4O/c1-2-3-4-5-20-6-10-22(11-7-20)24-15-16-26-25(19-24)14-13-23(29(26)32)12-8-21-9-17-28(27(31)18-21)35-30(33)34/h6-7,9-11,13-19,30H,2-5,8,12H2,1H3. The molecule has 0 spiro atoms. The average molecular weight is 481 g/mol. The topological polar surface area (TPSA) is 9.23 Å². The fourth-order valence-electron chi connectivity index (χ4n) is 4.32. The van der Waals surface area contributed by atoms with Gasteiger partial charge in [0.05, 0.1) is 0 Å². The van der Waals surface area contributed by atoms with Crippen LogP contribution in [0, 0.1) is 11.6 Å². The summed E-state index contributed by atoms with van der Waals surface area (Å²) in [6.45, 7) is -0.886. The van der Waals surface area contributed by atoms with Crippen LogP contribution >= 0.6 is 0 Å². The molecule has 5 heteroatoms. The van der Waals surface area contributed by atoms with Gasteiger partial charge in [0.1, 0.15) is 5.82 Å². The zero-order valence-electron chi connectivity index (χ0n) is 19.7. The quantitative estimate of drug-likeness (QED) is 0.163. The number of rotatable bonds is 10. The highest BCUT2D eigenvalue weighted by atomic mass is 19.3. The maximum Gasteiger partial charge on any atom is 0.387 e. The van der Waals surface area contributed by atoms with Gasteiger partial charge in [-0.2, -0.15) is 8.78 Å². The summed E-state index contributed by atoms with van der Waals surface area (Å²) >= 11 is 0. The van der Waals surface area contributed by atoms with E-state index >= 15 is 4.39 Å². The van der Waals surface area contributed by atoms with Crippen LogP contribution in [0.2, 0.25) is 0 Å². The number of hydrogen-bond donors (Lipinski definition) is 0. The van der Waals surface area contributed by atoms with Crippen LogP contribution in [-0.2, 0) is 19.3 Å². The lowest BCUT2D eigenvalue weighted by atomic mass is 9.96. The molecule has 35 heavy (non-hydrogen) atoms. The van der Waals surface area contributed by atoms with Crippen molar-refractivity contribution >= 4 is 10.8 Å². The molecule has 0 aliphatic heterocycles. The molecule has 4 aromatic rings. The molecule has 0 aliphatic rings. The van der Waals surface area contributed by atoms with Gasteiger partial charge in [-0.15, -0.1) is 0 Å². The molecule has 0 atom stereocenters. The van der Waals surface area contributed by atoms with Crippen LogP contribution in [0.3, 0.4) is 0 Å². The highest BCUT2D eigenvalue weighted by Crippen LogP contribution is 2.29. The van der Waals surface area contributed by atoms with Gasteiger partial charge in [0.2, 0.25) is 0 Å². The molecule has 0 N–H and O–H groups in total. The van der Waals surface area contributed by atoms with Crippen molar-refractivity contribution in [2.45, 2.75) is 52.1 Å². The van der Waals surface area contributed by atoms with Gasteiger partial charge in [0.25, 0.3) is 0 Å². The molecule has 182 valence electrons. The largest absolute Gasteiger partial charge is 0.432 e. The molecule has 0 amide bonds. The lowest BCUT2D eigenvalue weighted by molar-refractivity contribution is -0.0522. The molecular formula is C30H28F4O. The summed E-state index contributed by atoms with van der Waals surface area (Å²) < 4.78 is 57.9. The van der Waals surface area contributed by atoms with Crippen LogP contribution < -0.4 is 4.74 Å². The Bertz CT molecular complexity index is 1280. The minimum atomic E-state index is -3.09. The van der Waals surface area contributed by atoms with E-state index < -0.39 is 18.2 Å². The third-order valence-electron chi connectivity index (χ3n) is 6.29. The molecular weight excluding hydrogens is 452 g/mol. The Morgan fingerprint density at radius 2 is 1.46 bits per heavy atom. The summed E-state index contributed by atoms with van der Waals surface area (Å²) in [6.07, 6.45) is 5.45. The van der Waals surface area contributed by atoms with Gasteiger partial charge in [0, 0.05) is 5.39 Å². The summed E-state index contributed by atoms with van der Waals surface area (Å²) in [5.74, 6) is -1.65. The first-order chi connectivity index (χ1) is 16.9. The van der Waals surface area contributed by atoms with Crippen molar-refractivity contribution in [2.75, 3.05) is 0 Å². The third-order valence-corrected chi connectivity index (χ3v) is 6.29. The van der Waals surface area contributed by atoms with Crippen molar-refractivity contribution in [2.24, 2.45) is 0 Å². The first-order valence-corrected chi connectivity index (χ1v) is 12.0. The Kier molecular flexibility index (Phi) is 8.06. The first kappa shape index (κ1) is 24.8. The Balaban J connectivity index is 1.47. The van der Waals surface area contributed by atoms with Crippen molar-refractivity contribution in [1.29, 1.82) is 0 Å². The van der Waals surface area contributed by atoms with Gasteiger partial charge >= 0.3 is 6.61 Å². The molecule has 0 radical (unpaired) electrons. The van der Waals surface area contributed by atoms with E-state index in [4.69, 9.17) is 0 Å². The second-order valence-corrected chi connectivity index (χ2v) is 8.77. The van der Waals surface area contributed by atoms with Crippen molar-refractivity contribution in [3.05, 3.63) is 101 Å². The average Bonchev–Trinajstić information content (AvgIpc) is 2.85. The number of fused-ring (bicyclic) bond motifs is 1. The molecule has 1 nitrogen and oxygen atoms in total. The predicted octanol–water partition coefficient (Wildman–Crippen LogP) is 8.90. The summed E-state index contributed by atoms with van der Waals surface area (Å²) in [5, 5.41) is 1.35. The van der Waals surface area contributed by atoms with Crippen molar-refractivity contribution in [3.8, 4) is 16.9 Å². The highest BCUT2D eigenvalue weighted by Gasteiger charge is 2.12. The number of halogens is 4. The number of alkyl halides is 2. The van der Waals surface area contributed by atoms with Gasteiger partial charge < -0.3 is 4.74 Å². The third kappa shape index (κ3) is 6.21. The second kappa shape index (κ2) is 11.4. The van der Waals surface area contributed by atoms with E-state index in [1.807, 2.05) is 18.2 Å². The van der Waals surface area contributed by atoms with E-state index in [9.17, 15) is 13.2 Å². The fraction of sp³-hybridized carbons (Fsp3) is 0.267. The normalized spacial score (nSPS) is 11.4. The number of ether oxygens (including phenoxy) is 1. The van der Waals surface area contributed by atoms with Crippen molar-refractivity contribution in [1.82, 2.24) is 0 Å². The zero-order valence-corrected chi connectivity index (χ0v) is 19.7. The van der Waals surface area contributed by atoms with Crippen LogP contribution in [0.25, 0.3) is 21.9 Å². The molecule has 0 aliphatic carbocycles. The summed E-state index contributed by atoms with van der Waals surface area (Å²) in [4.78, 5) is 0. The minimum Gasteiger partial charge on any atom is -0.432 e. The van der Waals surface area contributed by atoms with Crippen LogP contribution in [-0.4, -0.2) is 6.61 Å². The molecule has 0 fully saturated rings. The zero-order chi connectivity index (χ0) is 24.8. The maximum absolute atomic E-state index is 15.2. The van der Waals surface area contributed by atoms with Gasteiger partial charge in [0.15, 0.2) is 11.6 Å². The van der Waals surface area contributed by atoms with Gasteiger partial charge in [-0.05, 0) is 77.1 Å². The molecule has 4 aromatic carbocycles. The van der Waals surface area contributed by atoms with Gasteiger partial charge in [-0.1, -0.05) is 74.4 Å². The monoisotopic (exact) mass is 480 g/mol. The maximum atomic E-state index is 15.2. The van der Waals surface area contributed by atoms with Crippen LogP contribution in [0.4, 0.5) is 17.6 Å². The van der Waals surface area contributed by atoms with E-state index in [0.717, 1.165) is 29.0 Å².